The van der Waals surface area contributed by atoms with Crippen molar-refractivity contribution in [3.05, 3.63) is 6.33 Å². The van der Waals surface area contributed by atoms with E-state index in [1.54, 1.807) is 25.2 Å². The summed E-state index contributed by atoms with van der Waals surface area (Å²) in [4.78, 5) is 10.7. The lowest BCUT2D eigenvalue weighted by Crippen LogP contribution is -2.15. The largest absolute Gasteiger partial charge is 0.490 e. The van der Waals surface area contributed by atoms with E-state index in [4.69, 9.17) is 4.74 Å². The van der Waals surface area contributed by atoms with Crippen LogP contribution in [0.4, 0.5) is 5.82 Å². The fourth-order valence-electron chi connectivity index (χ4n) is 1.34. The average molecular weight is 270 g/mol. The Kier molecular flexibility index (Phi) is 6.82. The third-order valence-electron chi connectivity index (χ3n) is 2.29. The van der Waals surface area contributed by atoms with Gasteiger partial charge in [-0.1, -0.05) is 6.92 Å². The van der Waals surface area contributed by atoms with Gasteiger partial charge in [-0.25, -0.2) is 9.97 Å². The maximum Gasteiger partial charge on any atom is 0.193 e. The van der Waals surface area contributed by atoms with Gasteiger partial charge in [-0.3, -0.25) is 0 Å². The van der Waals surface area contributed by atoms with Gasteiger partial charge in [0.25, 0.3) is 0 Å². The van der Waals surface area contributed by atoms with Gasteiger partial charge in [0.05, 0.1) is 7.11 Å². The molecule has 5 nitrogen and oxygen atoms in total. The first-order valence-electron chi connectivity index (χ1n) is 6.09. The van der Waals surface area contributed by atoms with Crippen LogP contribution in [-0.2, 0) is 0 Å². The molecule has 0 unspecified atom stereocenters. The number of nitrogens with zero attached hydrogens (tertiary/aromatic N) is 3. The second kappa shape index (κ2) is 8.16. The first-order valence-corrected chi connectivity index (χ1v) is 7.08. The summed E-state index contributed by atoms with van der Waals surface area (Å²) in [6.07, 6.45) is 2.63. The van der Waals surface area contributed by atoms with Crippen LogP contribution in [0, 0.1) is 0 Å². The molecule has 0 aliphatic heterocycles. The number of hydrogen-bond donors (Lipinski definition) is 1. The van der Waals surface area contributed by atoms with Crippen LogP contribution in [0.3, 0.4) is 0 Å². The third-order valence-corrected chi connectivity index (χ3v) is 3.25. The van der Waals surface area contributed by atoms with Crippen LogP contribution < -0.4 is 10.1 Å². The number of methoxy groups -OCH3 is 1. The highest BCUT2D eigenvalue weighted by Crippen LogP contribution is 2.32. The van der Waals surface area contributed by atoms with Crippen molar-refractivity contribution in [3.8, 4) is 5.75 Å². The lowest BCUT2D eigenvalue weighted by Gasteiger charge is -2.13. The average Bonchev–Trinajstić information content (AvgIpc) is 2.36. The van der Waals surface area contributed by atoms with E-state index in [1.165, 1.54) is 0 Å². The fourth-order valence-corrected chi connectivity index (χ4v) is 2.42. The minimum atomic E-state index is 0.745. The van der Waals surface area contributed by atoms with Gasteiger partial charge < -0.3 is 15.0 Å². The number of nitrogens with one attached hydrogen (secondary N) is 1. The van der Waals surface area contributed by atoms with E-state index in [2.05, 4.69) is 41.2 Å². The summed E-state index contributed by atoms with van der Waals surface area (Å²) in [7, 11) is 5.78. The van der Waals surface area contributed by atoms with E-state index in [0.717, 1.165) is 41.9 Å². The standard InChI is InChI=1S/C12H22N4OS/c1-5-6-13-11-10(17-4)12(15-9-14-11)18-8-7-16(2)3/h9H,5-8H2,1-4H3,(H,13,14,15). The third kappa shape index (κ3) is 4.70. The molecule has 0 saturated heterocycles. The summed E-state index contributed by atoms with van der Waals surface area (Å²) in [6.45, 7) is 4.01. The van der Waals surface area contributed by atoms with Crippen molar-refractivity contribution in [1.82, 2.24) is 14.9 Å². The van der Waals surface area contributed by atoms with Crippen LogP contribution in [0.2, 0.25) is 0 Å². The Morgan fingerprint density at radius 1 is 1.39 bits per heavy atom. The van der Waals surface area contributed by atoms with Crippen LogP contribution in [0.15, 0.2) is 11.4 Å². The zero-order chi connectivity index (χ0) is 13.4. The van der Waals surface area contributed by atoms with E-state index >= 15 is 0 Å². The van der Waals surface area contributed by atoms with Crippen molar-refractivity contribution in [2.75, 3.05) is 45.4 Å². The van der Waals surface area contributed by atoms with E-state index in [0.29, 0.717) is 0 Å². The van der Waals surface area contributed by atoms with Crippen LogP contribution in [0.5, 0.6) is 5.75 Å². The molecule has 0 aliphatic carbocycles. The van der Waals surface area contributed by atoms with Crippen molar-refractivity contribution in [2.45, 2.75) is 18.4 Å². The number of anilines is 1. The van der Waals surface area contributed by atoms with E-state index in [9.17, 15) is 0 Å². The topological polar surface area (TPSA) is 50.3 Å². The van der Waals surface area contributed by atoms with Crippen molar-refractivity contribution in [3.63, 3.8) is 0 Å². The van der Waals surface area contributed by atoms with Gasteiger partial charge in [0, 0.05) is 18.8 Å². The maximum absolute atomic E-state index is 5.41. The number of thioether (sulfide) groups is 1. The predicted molar refractivity (Wildman–Crippen MR) is 76.6 cm³/mol. The first kappa shape index (κ1) is 15.0. The lowest BCUT2D eigenvalue weighted by atomic mass is 10.4. The highest BCUT2D eigenvalue weighted by molar-refractivity contribution is 7.99. The van der Waals surface area contributed by atoms with Gasteiger partial charge in [-0.05, 0) is 20.5 Å². The Morgan fingerprint density at radius 3 is 2.78 bits per heavy atom. The van der Waals surface area contributed by atoms with Gasteiger partial charge in [0.1, 0.15) is 11.4 Å². The first-order chi connectivity index (χ1) is 8.69. The lowest BCUT2D eigenvalue weighted by molar-refractivity contribution is 0.400. The molecule has 0 fully saturated rings. The maximum atomic E-state index is 5.41. The number of rotatable bonds is 8. The van der Waals surface area contributed by atoms with Crippen LogP contribution >= 0.6 is 11.8 Å². The normalized spacial score (nSPS) is 10.7. The molecule has 0 saturated carbocycles. The molecule has 0 spiro atoms. The van der Waals surface area contributed by atoms with Gasteiger partial charge >= 0.3 is 0 Å². The van der Waals surface area contributed by atoms with Crippen molar-refractivity contribution in [1.29, 1.82) is 0 Å². The summed E-state index contributed by atoms with van der Waals surface area (Å²) in [5, 5.41) is 4.15. The van der Waals surface area contributed by atoms with Gasteiger partial charge in [-0.2, -0.15) is 0 Å². The molecule has 1 N–H and O–H groups in total. The highest BCUT2D eigenvalue weighted by atomic mass is 32.2. The molecular weight excluding hydrogens is 248 g/mol. The molecule has 102 valence electrons. The Labute approximate surface area is 113 Å². The van der Waals surface area contributed by atoms with Crippen molar-refractivity contribution >= 4 is 17.6 Å². The minimum Gasteiger partial charge on any atom is -0.490 e. The zero-order valence-corrected chi connectivity index (χ0v) is 12.4. The summed E-state index contributed by atoms with van der Waals surface area (Å²) in [5.74, 6) is 2.50. The number of ether oxygens (including phenoxy) is 1. The predicted octanol–water partition coefficient (Wildman–Crippen LogP) is 1.96. The number of aromatic nitrogens is 2. The Bertz CT molecular complexity index is 360. The second-order valence-corrected chi connectivity index (χ2v) is 5.22. The van der Waals surface area contributed by atoms with Crippen LogP contribution in [0.1, 0.15) is 13.3 Å². The molecule has 1 heterocycles. The van der Waals surface area contributed by atoms with Crippen LogP contribution in [0.25, 0.3) is 0 Å². The molecule has 0 aromatic carbocycles. The van der Waals surface area contributed by atoms with Gasteiger partial charge in [-0.15, -0.1) is 11.8 Å². The summed E-state index contributed by atoms with van der Waals surface area (Å²) in [6, 6.07) is 0. The highest BCUT2D eigenvalue weighted by Gasteiger charge is 2.11. The monoisotopic (exact) mass is 270 g/mol. The molecule has 18 heavy (non-hydrogen) atoms. The molecule has 0 amide bonds. The second-order valence-electron chi connectivity index (χ2n) is 4.14. The van der Waals surface area contributed by atoms with Crippen molar-refractivity contribution in [2.24, 2.45) is 0 Å². The minimum absolute atomic E-state index is 0.745. The van der Waals surface area contributed by atoms with Crippen molar-refractivity contribution < 1.29 is 4.74 Å². The molecule has 0 atom stereocenters. The SMILES string of the molecule is CCCNc1ncnc(SCCN(C)C)c1OC. The van der Waals surface area contributed by atoms with Crippen LogP contribution in [-0.4, -0.2) is 54.9 Å². The quantitative estimate of drug-likeness (QED) is 0.575. The molecule has 1 aromatic rings. The van der Waals surface area contributed by atoms with E-state index in [1.807, 2.05) is 0 Å². The Morgan fingerprint density at radius 2 is 2.17 bits per heavy atom. The summed E-state index contributed by atoms with van der Waals surface area (Å²) >= 11 is 1.69. The molecule has 0 radical (unpaired) electrons. The Hall–Kier alpha value is -1.01. The molecule has 0 bridgehead atoms. The van der Waals surface area contributed by atoms with Gasteiger partial charge in [0.2, 0.25) is 0 Å². The summed E-state index contributed by atoms with van der Waals surface area (Å²) in [5.41, 5.74) is 0. The van der Waals surface area contributed by atoms with Gasteiger partial charge in [0.15, 0.2) is 11.6 Å². The molecule has 6 heteroatoms. The molecule has 1 rings (SSSR count). The molecule has 0 aliphatic rings. The zero-order valence-electron chi connectivity index (χ0n) is 11.6. The number of hydrogen-bond acceptors (Lipinski definition) is 6. The summed E-state index contributed by atoms with van der Waals surface area (Å²) < 4.78 is 5.41. The molecule has 1 aromatic heterocycles. The smallest absolute Gasteiger partial charge is 0.193 e. The fraction of sp³-hybridized carbons (Fsp3) is 0.667. The van der Waals surface area contributed by atoms with E-state index in [-0.39, 0.29) is 0 Å². The Balaban J connectivity index is 2.71. The van der Waals surface area contributed by atoms with E-state index < -0.39 is 0 Å². The molecular formula is C12H22N4OS.